The molecule has 0 N–H and O–H groups in total. The summed E-state index contributed by atoms with van der Waals surface area (Å²) in [6.45, 7) is 1.88. The SMILES string of the molecule is CCCc1ccc(-c2ccc(-c3cc(F)c(OCc4ccc5c(F)c(F)c(F)cc5c4)c(F)c3)cc2)cc1. The van der Waals surface area contributed by atoms with E-state index in [-0.39, 0.29) is 17.4 Å². The summed E-state index contributed by atoms with van der Waals surface area (Å²) < 4.78 is 76.0. The first-order valence-corrected chi connectivity index (χ1v) is 12.2. The van der Waals surface area contributed by atoms with E-state index < -0.39 is 34.8 Å². The minimum Gasteiger partial charge on any atom is -0.483 e. The zero-order chi connectivity index (χ0) is 26.8. The van der Waals surface area contributed by atoms with Crippen molar-refractivity contribution in [2.24, 2.45) is 0 Å². The fraction of sp³-hybridized carbons (Fsp3) is 0.125. The predicted octanol–water partition coefficient (Wildman–Crippen LogP) is 9.40. The normalized spacial score (nSPS) is 11.2. The maximum atomic E-state index is 14.8. The average molecular weight is 519 g/mol. The van der Waals surface area contributed by atoms with Crippen molar-refractivity contribution in [2.45, 2.75) is 26.4 Å². The highest BCUT2D eigenvalue weighted by atomic mass is 19.2. The molecule has 0 heterocycles. The minimum atomic E-state index is -1.55. The van der Waals surface area contributed by atoms with E-state index in [0.29, 0.717) is 16.7 Å². The van der Waals surface area contributed by atoms with E-state index in [4.69, 9.17) is 4.74 Å². The predicted molar refractivity (Wildman–Crippen MR) is 139 cm³/mol. The molecule has 1 nitrogen and oxygen atoms in total. The van der Waals surface area contributed by atoms with Gasteiger partial charge in [0.15, 0.2) is 34.8 Å². The lowest BCUT2D eigenvalue weighted by Crippen LogP contribution is -2.01. The van der Waals surface area contributed by atoms with E-state index >= 15 is 0 Å². The molecule has 0 radical (unpaired) electrons. The molecule has 0 aliphatic heterocycles. The smallest absolute Gasteiger partial charge is 0.195 e. The fourth-order valence-corrected chi connectivity index (χ4v) is 4.47. The molecule has 0 saturated carbocycles. The van der Waals surface area contributed by atoms with E-state index in [1.807, 2.05) is 12.1 Å². The molecule has 38 heavy (non-hydrogen) atoms. The highest BCUT2D eigenvalue weighted by Gasteiger charge is 2.16. The van der Waals surface area contributed by atoms with Crippen molar-refractivity contribution in [3.8, 4) is 28.0 Å². The Bertz CT molecular complexity index is 1590. The van der Waals surface area contributed by atoms with Crippen LogP contribution in [0.4, 0.5) is 22.0 Å². The first-order chi connectivity index (χ1) is 18.3. The third-order valence-electron chi connectivity index (χ3n) is 6.46. The molecule has 6 heteroatoms. The van der Waals surface area contributed by atoms with Gasteiger partial charge in [-0.2, -0.15) is 0 Å². The third kappa shape index (κ3) is 5.12. The molecule has 0 atom stereocenters. The Hall–Kier alpha value is -4.19. The van der Waals surface area contributed by atoms with Crippen LogP contribution in [-0.4, -0.2) is 0 Å². The first kappa shape index (κ1) is 25.5. The second-order valence-electron chi connectivity index (χ2n) is 9.12. The summed E-state index contributed by atoms with van der Waals surface area (Å²) in [5.41, 5.74) is 4.74. The molecule has 0 bridgehead atoms. The molecule has 5 aromatic carbocycles. The lowest BCUT2D eigenvalue weighted by molar-refractivity contribution is 0.274. The molecule has 0 fully saturated rings. The minimum absolute atomic E-state index is 0.103. The van der Waals surface area contributed by atoms with Gasteiger partial charge in [-0.3, -0.25) is 0 Å². The highest BCUT2D eigenvalue weighted by Crippen LogP contribution is 2.32. The van der Waals surface area contributed by atoms with Gasteiger partial charge in [-0.15, -0.1) is 0 Å². The zero-order valence-electron chi connectivity index (χ0n) is 20.5. The van der Waals surface area contributed by atoms with Gasteiger partial charge in [-0.1, -0.05) is 74.0 Å². The largest absolute Gasteiger partial charge is 0.483 e. The molecule has 192 valence electrons. The van der Waals surface area contributed by atoms with E-state index in [0.717, 1.165) is 30.0 Å². The number of hydrogen-bond acceptors (Lipinski definition) is 1. The van der Waals surface area contributed by atoms with Crippen LogP contribution >= 0.6 is 0 Å². The molecule has 0 unspecified atom stereocenters. The van der Waals surface area contributed by atoms with Crippen LogP contribution in [0, 0.1) is 29.1 Å². The quantitative estimate of drug-likeness (QED) is 0.154. The van der Waals surface area contributed by atoms with Crippen LogP contribution < -0.4 is 4.74 Å². The van der Waals surface area contributed by atoms with Crippen LogP contribution in [0.1, 0.15) is 24.5 Å². The molecule has 0 aromatic heterocycles. The summed E-state index contributed by atoms with van der Waals surface area (Å²) in [5.74, 6) is -6.49. The van der Waals surface area contributed by atoms with Crippen LogP contribution in [0.3, 0.4) is 0 Å². The molecule has 0 amide bonds. The van der Waals surface area contributed by atoms with E-state index in [1.165, 1.54) is 35.9 Å². The van der Waals surface area contributed by atoms with Crippen LogP contribution in [0.5, 0.6) is 5.75 Å². The lowest BCUT2D eigenvalue weighted by atomic mass is 9.99. The van der Waals surface area contributed by atoms with Crippen LogP contribution in [0.25, 0.3) is 33.0 Å². The molecule has 0 saturated heterocycles. The Morgan fingerprint density at radius 2 is 1.11 bits per heavy atom. The molecule has 0 spiro atoms. The van der Waals surface area contributed by atoms with Crippen LogP contribution in [0.15, 0.2) is 84.9 Å². The highest BCUT2D eigenvalue weighted by molar-refractivity contribution is 5.84. The maximum absolute atomic E-state index is 14.8. The number of fused-ring (bicyclic) bond motifs is 1. The van der Waals surface area contributed by atoms with E-state index in [1.54, 1.807) is 12.1 Å². The molecule has 5 rings (SSSR count). The van der Waals surface area contributed by atoms with Crippen molar-refractivity contribution in [1.29, 1.82) is 0 Å². The van der Waals surface area contributed by atoms with Gasteiger partial charge in [0.25, 0.3) is 0 Å². The standard InChI is InChI=1S/C32H23F5O/c1-2-3-19-4-7-21(8-5-19)22-9-11-23(12-10-22)24-15-28(34)32(29(35)16-24)38-18-20-6-13-26-25(14-20)17-27(33)31(37)30(26)36/h4-17H,2-3,18H2,1H3. The second-order valence-corrected chi connectivity index (χ2v) is 9.12. The van der Waals surface area contributed by atoms with Crippen LogP contribution in [0.2, 0.25) is 0 Å². The van der Waals surface area contributed by atoms with Crippen molar-refractivity contribution in [1.82, 2.24) is 0 Å². The number of hydrogen-bond donors (Lipinski definition) is 0. The first-order valence-electron chi connectivity index (χ1n) is 12.2. The van der Waals surface area contributed by atoms with Gasteiger partial charge >= 0.3 is 0 Å². The van der Waals surface area contributed by atoms with Crippen molar-refractivity contribution >= 4 is 10.8 Å². The van der Waals surface area contributed by atoms with Gasteiger partial charge < -0.3 is 4.74 Å². The van der Waals surface area contributed by atoms with Crippen molar-refractivity contribution in [3.05, 3.63) is 125 Å². The summed E-state index contributed by atoms with van der Waals surface area (Å²) in [7, 11) is 0. The Morgan fingerprint density at radius 3 is 1.71 bits per heavy atom. The van der Waals surface area contributed by atoms with Gasteiger partial charge in [0.2, 0.25) is 0 Å². The Balaban J connectivity index is 1.32. The van der Waals surface area contributed by atoms with Gasteiger partial charge in [-0.05, 0) is 69.5 Å². The van der Waals surface area contributed by atoms with Crippen molar-refractivity contribution in [2.75, 3.05) is 0 Å². The van der Waals surface area contributed by atoms with Crippen molar-refractivity contribution in [3.63, 3.8) is 0 Å². The topological polar surface area (TPSA) is 9.23 Å². The summed E-state index contributed by atoms with van der Waals surface area (Å²) in [6.07, 6.45) is 2.11. The van der Waals surface area contributed by atoms with Gasteiger partial charge in [0, 0.05) is 5.39 Å². The Morgan fingerprint density at radius 1 is 0.553 bits per heavy atom. The monoisotopic (exact) mass is 518 g/mol. The maximum Gasteiger partial charge on any atom is 0.195 e. The summed E-state index contributed by atoms with van der Waals surface area (Å²) >= 11 is 0. The number of ether oxygens (including phenoxy) is 1. The third-order valence-corrected chi connectivity index (χ3v) is 6.46. The van der Waals surface area contributed by atoms with Gasteiger partial charge in [0.1, 0.15) is 6.61 Å². The molecular formula is C32H23F5O. The number of benzene rings is 5. The average Bonchev–Trinajstić information content (AvgIpc) is 2.92. The number of halogens is 5. The summed E-state index contributed by atoms with van der Waals surface area (Å²) in [4.78, 5) is 0. The Kier molecular flexibility index (Phi) is 7.14. The van der Waals surface area contributed by atoms with Crippen molar-refractivity contribution < 1.29 is 26.7 Å². The summed E-state index contributed by atoms with van der Waals surface area (Å²) in [5, 5.41) is 0.00744. The number of aryl methyl sites for hydroxylation is 1. The fourth-order valence-electron chi connectivity index (χ4n) is 4.47. The molecule has 5 aromatic rings. The number of rotatable bonds is 7. The van der Waals surface area contributed by atoms with E-state index in [9.17, 15) is 22.0 Å². The lowest BCUT2D eigenvalue weighted by Gasteiger charge is -2.12. The molecule has 0 aliphatic carbocycles. The molecule has 0 aliphatic rings. The Labute approximate surface area is 217 Å². The second kappa shape index (κ2) is 10.7. The summed E-state index contributed by atoms with van der Waals surface area (Å²) in [6, 6.07) is 23.1. The van der Waals surface area contributed by atoms with Crippen LogP contribution in [-0.2, 0) is 13.0 Å². The molecular weight excluding hydrogens is 495 g/mol. The van der Waals surface area contributed by atoms with E-state index in [2.05, 4.69) is 31.2 Å². The van der Waals surface area contributed by atoms with Gasteiger partial charge in [-0.25, -0.2) is 22.0 Å². The van der Waals surface area contributed by atoms with Gasteiger partial charge in [0.05, 0.1) is 0 Å². The zero-order valence-corrected chi connectivity index (χ0v) is 20.5.